The van der Waals surface area contributed by atoms with Gasteiger partial charge in [0.1, 0.15) is 12.4 Å². The molecule has 1 aliphatic heterocycles. The highest BCUT2D eigenvalue weighted by Gasteiger charge is 2.18. The van der Waals surface area contributed by atoms with E-state index in [1.165, 1.54) is 10.9 Å². The van der Waals surface area contributed by atoms with Crippen molar-refractivity contribution in [2.45, 2.75) is 31.8 Å². The first kappa shape index (κ1) is 15.9. The monoisotopic (exact) mass is 335 g/mol. The van der Waals surface area contributed by atoms with Crippen molar-refractivity contribution in [3.05, 3.63) is 41.2 Å². The summed E-state index contributed by atoms with van der Waals surface area (Å²) in [5.74, 6) is 0.881. The summed E-state index contributed by atoms with van der Waals surface area (Å²) < 4.78 is 6.96. The summed E-state index contributed by atoms with van der Waals surface area (Å²) in [6, 6.07) is 1.80. The van der Waals surface area contributed by atoms with Crippen molar-refractivity contribution in [2.24, 2.45) is 0 Å². The number of nitrogens with zero attached hydrogens (tertiary/aromatic N) is 4. The molecule has 1 atom stereocenters. The van der Waals surface area contributed by atoms with E-state index in [1.807, 2.05) is 0 Å². The molecule has 0 aliphatic carbocycles. The number of carbonyl (C=O) groups is 1. The van der Waals surface area contributed by atoms with Crippen molar-refractivity contribution in [2.75, 3.05) is 13.2 Å². The summed E-state index contributed by atoms with van der Waals surface area (Å²) in [6.45, 7) is 1.96. The van der Waals surface area contributed by atoms with Crippen LogP contribution in [0.5, 0.6) is 0 Å². The van der Waals surface area contributed by atoms with E-state index >= 15 is 0 Å². The minimum atomic E-state index is -0.147. The molecule has 0 saturated carbocycles. The van der Waals surface area contributed by atoms with Gasteiger partial charge in [-0.1, -0.05) is 11.6 Å². The van der Waals surface area contributed by atoms with Gasteiger partial charge in [-0.25, -0.2) is 9.97 Å². The zero-order valence-corrected chi connectivity index (χ0v) is 13.4. The van der Waals surface area contributed by atoms with Crippen LogP contribution in [0, 0.1) is 0 Å². The summed E-state index contributed by atoms with van der Waals surface area (Å²) in [5, 5.41) is 7.30. The Kier molecular flexibility index (Phi) is 5.19. The number of hydrogen-bond acceptors (Lipinski definition) is 5. The van der Waals surface area contributed by atoms with Crippen LogP contribution in [0.2, 0.25) is 5.02 Å². The Hall–Kier alpha value is -1.99. The summed E-state index contributed by atoms with van der Waals surface area (Å²) in [5.41, 5.74) is 0.785. The summed E-state index contributed by atoms with van der Waals surface area (Å²) >= 11 is 5.77. The van der Waals surface area contributed by atoms with Crippen molar-refractivity contribution >= 4 is 17.5 Å². The van der Waals surface area contributed by atoms with Gasteiger partial charge < -0.3 is 10.1 Å². The zero-order valence-electron chi connectivity index (χ0n) is 12.6. The summed E-state index contributed by atoms with van der Waals surface area (Å²) in [4.78, 5) is 20.8. The van der Waals surface area contributed by atoms with Crippen LogP contribution >= 0.6 is 11.6 Å². The Morgan fingerprint density at radius 3 is 3.17 bits per heavy atom. The number of aromatic nitrogens is 4. The highest BCUT2D eigenvalue weighted by atomic mass is 35.5. The van der Waals surface area contributed by atoms with Crippen LogP contribution in [-0.4, -0.2) is 38.9 Å². The Bertz CT molecular complexity index is 669. The van der Waals surface area contributed by atoms with Crippen LogP contribution in [-0.2, 0) is 22.6 Å². The van der Waals surface area contributed by atoms with Crippen molar-refractivity contribution in [3.8, 4) is 0 Å². The quantitative estimate of drug-likeness (QED) is 0.896. The molecule has 7 nitrogen and oxygen atoms in total. The van der Waals surface area contributed by atoms with E-state index in [0.717, 1.165) is 31.0 Å². The smallest absolute Gasteiger partial charge is 0.242 e. The van der Waals surface area contributed by atoms with Crippen LogP contribution in [0.3, 0.4) is 0 Å². The summed E-state index contributed by atoms with van der Waals surface area (Å²) in [6.07, 6.45) is 6.90. The lowest BCUT2D eigenvalue weighted by atomic mass is 10.0. The molecule has 122 valence electrons. The van der Waals surface area contributed by atoms with Crippen molar-refractivity contribution in [3.63, 3.8) is 0 Å². The van der Waals surface area contributed by atoms with Gasteiger partial charge in [-0.3, -0.25) is 9.48 Å². The molecule has 0 aromatic carbocycles. The Morgan fingerprint density at radius 2 is 2.43 bits per heavy atom. The minimum absolute atomic E-state index is 0.126. The highest BCUT2D eigenvalue weighted by molar-refractivity contribution is 6.30. The molecule has 1 amide bonds. The number of ether oxygens (including phenoxy) is 1. The molecule has 0 radical (unpaired) electrons. The third-order valence-corrected chi connectivity index (χ3v) is 3.83. The van der Waals surface area contributed by atoms with E-state index in [9.17, 15) is 4.79 Å². The highest BCUT2D eigenvalue weighted by Crippen LogP contribution is 2.22. The van der Waals surface area contributed by atoms with Gasteiger partial charge in [0.25, 0.3) is 0 Å². The van der Waals surface area contributed by atoms with Crippen molar-refractivity contribution in [1.29, 1.82) is 0 Å². The average molecular weight is 336 g/mol. The van der Waals surface area contributed by atoms with E-state index in [4.69, 9.17) is 16.3 Å². The summed E-state index contributed by atoms with van der Waals surface area (Å²) in [7, 11) is 0. The lowest BCUT2D eigenvalue weighted by Crippen LogP contribution is -2.28. The topological polar surface area (TPSA) is 81.9 Å². The molecule has 1 unspecified atom stereocenters. The number of hydrogen-bond donors (Lipinski definition) is 1. The molecular weight excluding hydrogens is 318 g/mol. The molecule has 2 aromatic rings. The Labute approximate surface area is 139 Å². The molecule has 0 bridgehead atoms. The van der Waals surface area contributed by atoms with Gasteiger partial charge in [0.2, 0.25) is 5.91 Å². The van der Waals surface area contributed by atoms with Gasteiger partial charge in [0.15, 0.2) is 0 Å². The van der Waals surface area contributed by atoms with Gasteiger partial charge in [0, 0.05) is 24.9 Å². The van der Waals surface area contributed by atoms with Crippen LogP contribution in [0.1, 0.15) is 30.3 Å². The SMILES string of the molecule is O=C(Cn1cc(Cl)cn1)NCc1ccnc(C2CCCOC2)n1. The second-order valence-electron chi connectivity index (χ2n) is 5.45. The normalized spacial score (nSPS) is 17.9. The Morgan fingerprint density at radius 1 is 1.52 bits per heavy atom. The predicted octanol–water partition coefficient (Wildman–Crippen LogP) is 1.54. The third-order valence-electron chi connectivity index (χ3n) is 3.63. The van der Waals surface area contributed by atoms with Gasteiger partial charge in [-0.15, -0.1) is 0 Å². The number of nitrogens with one attached hydrogen (secondary N) is 1. The second kappa shape index (κ2) is 7.52. The molecule has 3 rings (SSSR count). The minimum Gasteiger partial charge on any atom is -0.381 e. The molecule has 1 fully saturated rings. The maximum atomic E-state index is 11.9. The first-order chi connectivity index (χ1) is 11.2. The second-order valence-corrected chi connectivity index (χ2v) is 5.89. The van der Waals surface area contributed by atoms with Crippen molar-refractivity contribution in [1.82, 2.24) is 25.1 Å². The molecule has 1 saturated heterocycles. The number of carbonyl (C=O) groups excluding carboxylic acids is 1. The lowest BCUT2D eigenvalue weighted by molar-refractivity contribution is -0.122. The molecule has 0 spiro atoms. The van der Waals surface area contributed by atoms with Gasteiger partial charge >= 0.3 is 0 Å². The van der Waals surface area contributed by atoms with E-state index in [1.54, 1.807) is 18.5 Å². The molecule has 2 aromatic heterocycles. The number of halogens is 1. The van der Waals surface area contributed by atoms with Crippen LogP contribution < -0.4 is 5.32 Å². The number of rotatable bonds is 5. The predicted molar refractivity (Wildman–Crippen MR) is 83.9 cm³/mol. The molecule has 1 aliphatic rings. The van der Waals surface area contributed by atoms with Crippen LogP contribution in [0.4, 0.5) is 0 Å². The van der Waals surface area contributed by atoms with E-state index in [2.05, 4.69) is 20.4 Å². The maximum absolute atomic E-state index is 11.9. The first-order valence-electron chi connectivity index (χ1n) is 7.55. The van der Waals surface area contributed by atoms with Crippen LogP contribution in [0.15, 0.2) is 24.7 Å². The largest absolute Gasteiger partial charge is 0.381 e. The van der Waals surface area contributed by atoms with E-state index in [-0.39, 0.29) is 18.4 Å². The van der Waals surface area contributed by atoms with Gasteiger partial charge in [0.05, 0.1) is 30.1 Å². The molecule has 23 heavy (non-hydrogen) atoms. The fourth-order valence-electron chi connectivity index (χ4n) is 2.47. The fraction of sp³-hybridized carbons (Fsp3) is 0.467. The molecule has 8 heteroatoms. The van der Waals surface area contributed by atoms with E-state index in [0.29, 0.717) is 18.2 Å². The lowest BCUT2D eigenvalue weighted by Gasteiger charge is -2.20. The average Bonchev–Trinajstić information content (AvgIpc) is 2.99. The van der Waals surface area contributed by atoms with Crippen molar-refractivity contribution < 1.29 is 9.53 Å². The molecular formula is C15H18ClN5O2. The molecule has 1 N–H and O–H groups in total. The van der Waals surface area contributed by atoms with Gasteiger partial charge in [-0.2, -0.15) is 5.10 Å². The van der Waals surface area contributed by atoms with Crippen LogP contribution in [0.25, 0.3) is 0 Å². The first-order valence-corrected chi connectivity index (χ1v) is 7.93. The number of amides is 1. The Balaban J connectivity index is 1.54. The van der Waals surface area contributed by atoms with E-state index < -0.39 is 0 Å². The maximum Gasteiger partial charge on any atom is 0.242 e. The molecule has 3 heterocycles. The van der Waals surface area contributed by atoms with Gasteiger partial charge in [-0.05, 0) is 18.9 Å². The standard InChI is InChI=1S/C15H18ClN5O2/c16-12-6-19-21(8-12)9-14(22)18-7-13-3-4-17-15(20-13)11-2-1-5-23-10-11/h3-4,6,8,11H,1-2,5,7,9-10H2,(H,18,22). The fourth-order valence-corrected chi connectivity index (χ4v) is 2.63. The third kappa shape index (κ3) is 4.49. The zero-order chi connectivity index (χ0) is 16.1.